The van der Waals surface area contributed by atoms with Crippen LogP contribution >= 0.6 is 0 Å². The predicted octanol–water partition coefficient (Wildman–Crippen LogP) is 3.77. The smallest absolute Gasteiger partial charge is 0.479 e. The number of fused-ring (bicyclic) bond motifs is 1. The Balaban J connectivity index is 1.84. The van der Waals surface area contributed by atoms with Gasteiger partial charge in [0.25, 0.3) is 0 Å². The number of aromatic nitrogens is 2. The largest absolute Gasteiger partial charge is 0.573 e. The number of hydrogen-bond acceptors (Lipinski definition) is 8. The Hall–Kier alpha value is -3.48. The highest BCUT2D eigenvalue weighted by Crippen LogP contribution is 2.47. The first-order valence-corrected chi connectivity index (χ1v) is 11.0. The lowest BCUT2D eigenvalue weighted by Gasteiger charge is -2.50. The highest BCUT2D eigenvalue weighted by Gasteiger charge is 2.54. The van der Waals surface area contributed by atoms with Gasteiger partial charge in [0.1, 0.15) is 23.4 Å². The van der Waals surface area contributed by atoms with Gasteiger partial charge in [-0.25, -0.2) is 4.98 Å². The summed E-state index contributed by atoms with van der Waals surface area (Å²) in [5.74, 6) is 0.638. The van der Waals surface area contributed by atoms with Crippen LogP contribution < -0.4 is 20.1 Å². The Morgan fingerprint density at radius 1 is 1.19 bits per heavy atom. The number of H-pyrrole nitrogens is 1. The van der Waals surface area contributed by atoms with Crippen LogP contribution in [0, 0.1) is 0 Å². The molecule has 1 aliphatic heterocycles. The molecule has 0 spiro atoms. The minimum Gasteiger partial charge on any atom is -0.479 e. The number of aromatic amines is 1. The molecule has 3 atom stereocenters. The summed E-state index contributed by atoms with van der Waals surface area (Å²) in [6.45, 7) is 1.83. The second-order valence-corrected chi connectivity index (χ2v) is 8.48. The van der Waals surface area contributed by atoms with Crippen LogP contribution in [-0.2, 0) is 16.0 Å². The summed E-state index contributed by atoms with van der Waals surface area (Å²) in [7, 11) is 2.87. The molecule has 0 amide bonds. The molecule has 36 heavy (non-hydrogen) atoms. The predicted molar refractivity (Wildman–Crippen MR) is 124 cm³/mol. The van der Waals surface area contributed by atoms with Gasteiger partial charge in [0, 0.05) is 43.6 Å². The summed E-state index contributed by atoms with van der Waals surface area (Å²) in [4.78, 5) is 9.10. The summed E-state index contributed by atoms with van der Waals surface area (Å²) < 4.78 is 59.2. The zero-order chi connectivity index (χ0) is 26.1. The van der Waals surface area contributed by atoms with Crippen molar-refractivity contribution in [3.63, 3.8) is 0 Å². The van der Waals surface area contributed by atoms with Crippen molar-refractivity contribution in [2.75, 3.05) is 24.9 Å². The van der Waals surface area contributed by atoms with E-state index in [-0.39, 0.29) is 12.3 Å². The van der Waals surface area contributed by atoms with E-state index in [9.17, 15) is 18.3 Å². The molecule has 0 saturated heterocycles. The number of nitrogens with zero attached hydrogens (tertiary/aromatic N) is 2. The maximum atomic E-state index is 12.7. The van der Waals surface area contributed by atoms with Crippen LogP contribution in [0.15, 0.2) is 54.9 Å². The molecule has 3 aromatic rings. The lowest BCUT2D eigenvalue weighted by Crippen LogP contribution is -2.62. The number of hydrogen-bond donors (Lipinski definition) is 3. The molecule has 1 aliphatic rings. The second-order valence-electron chi connectivity index (χ2n) is 8.48. The van der Waals surface area contributed by atoms with E-state index in [1.165, 1.54) is 38.5 Å². The van der Waals surface area contributed by atoms with Gasteiger partial charge in [0.2, 0.25) is 0 Å². The molecule has 0 aliphatic carbocycles. The Morgan fingerprint density at radius 2 is 1.89 bits per heavy atom. The van der Waals surface area contributed by atoms with Crippen LogP contribution in [-0.4, -0.2) is 53.7 Å². The Bertz CT molecular complexity index is 1160. The Kier molecular flexibility index (Phi) is 7.03. The van der Waals surface area contributed by atoms with Gasteiger partial charge in [-0.05, 0) is 49.4 Å². The quantitative estimate of drug-likeness (QED) is 0.311. The number of alkyl halides is 3. The maximum Gasteiger partial charge on any atom is 0.573 e. The van der Waals surface area contributed by atoms with E-state index < -0.39 is 30.4 Å². The minimum absolute atomic E-state index is 0.170. The highest BCUT2D eigenvalue weighted by molar-refractivity contribution is 5.57. The van der Waals surface area contributed by atoms with Gasteiger partial charge in [-0.3, -0.25) is 0 Å². The molecule has 0 unspecified atom stereocenters. The van der Waals surface area contributed by atoms with Crippen molar-refractivity contribution >= 4 is 11.4 Å². The molecule has 4 N–H and O–H groups in total. The number of rotatable bonds is 8. The number of imidazole rings is 1. The van der Waals surface area contributed by atoms with Crippen molar-refractivity contribution in [2.45, 2.75) is 43.9 Å². The normalized spacial score (nSPS) is 21.7. The summed E-state index contributed by atoms with van der Waals surface area (Å²) in [5.41, 5.74) is 6.23. The summed E-state index contributed by atoms with van der Waals surface area (Å²) in [6, 6.07) is 9.62. The van der Waals surface area contributed by atoms with Crippen LogP contribution in [0.5, 0.6) is 11.5 Å². The fourth-order valence-corrected chi connectivity index (χ4v) is 4.50. The Labute approximate surface area is 205 Å². The topological polar surface area (TPSA) is 115 Å². The second kappa shape index (κ2) is 9.88. The van der Waals surface area contributed by atoms with Crippen molar-refractivity contribution in [1.29, 1.82) is 0 Å². The van der Waals surface area contributed by atoms with Gasteiger partial charge in [-0.1, -0.05) is 0 Å². The van der Waals surface area contributed by atoms with E-state index in [0.29, 0.717) is 28.5 Å². The number of methoxy groups -OCH3 is 2. The molecular formula is C24H27F3N4O5. The summed E-state index contributed by atoms with van der Waals surface area (Å²) in [5, 5.41) is 11.8. The highest BCUT2D eigenvalue weighted by atomic mass is 19.4. The molecule has 194 valence electrons. The number of benzene rings is 2. The monoisotopic (exact) mass is 508 g/mol. The lowest BCUT2D eigenvalue weighted by molar-refractivity contribution is -0.274. The maximum absolute atomic E-state index is 12.7. The fraction of sp³-hybridized carbons (Fsp3) is 0.375. The van der Waals surface area contributed by atoms with Crippen molar-refractivity contribution in [3.8, 4) is 11.5 Å². The SMILES string of the molecule is COC(OC)[C@@]1(C)Oc2ccc(N)cc2[C@@H](N(Cc2ncc[nH]2)c2ccc(OC(F)(F)F)cc2)[C@@H]1O. The Morgan fingerprint density at radius 3 is 2.47 bits per heavy atom. The minimum atomic E-state index is -4.82. The summed E-state index contributed by atoms with van der Waals surface area (Å²) >= 11 is 0. The molecule has 0 fully saturated rings. The first kappa shape index (κ1) is 25.6. The average Bonchev–Trinajstić information content (AvgIpc) is 3.33. The molecule has 0 radical (unpaired) electrons. The zero-order valence-corrected chi connectivity index (χ0v) is 19.8. The third-order valence-electron chi connectivity index (χ3n) is 6.08. The van der Waals surface area contributed by atoms with Crippen LogP contribution in [0.2, 0.25) is 0 Å². The van der Waals surface area contributed by atoms with Crippen molar-refractivity contribution < 1.29 is 37.2 Å². The molecule has 1 aromatic heterocycles. The average molecular weight is 508 g/mol. The van der Waals surface area contributed by atoms with Gasteiger partial charge in [-0.2, -0.15) is 0 Å². The standard InChI is InChI=1S/C24H27F3N4O5/c1-23(22(33-2)34-3)21(32)20(17-12-14(28)4-9-18(17)36-23)31(13-19-29-10-11-30-19)15-5-7-16(8-6-15)35-24(25,26)27/h4-12,20-22,32H,13,28H2,1-3H3,(H,29,30)/t20-,21+,23+/m1/s1. The first-order chi connectivity index (χ1) is 17.1. The molecule has 9 nitrogen and oxygen atoms in total. The molecule has 2 heterocycles. The number of nitrogens with one attached hydrogen (secondary N) is 1. The van der Waals surface area contributed by atoms with Crippen molar-refractivity contribution in [1.82, 2.24) is 9.97 Å². The fourth-order valence-electron chi connectivity index (χ4n) is 4.50. The van der Waals surface area contributed by atoms with E-state index in [2.05, 4.69) is 14.7 Å². The number of anilines is 2. The van der Waals surface area contributed by atoms with Gasteiger partial charge in [0.15, 0.2) is 11.9 Å². The van der Waals surface area contributed by atoms with Gasteiger partial charge >= 0.3 is 6.36 Å². The van der Waals surface area contributed by atoms with Crippen LogP contribution in [0.1, 0.15) is 24.4 Å². The van der Waals surface area contributed by atoms with E-state index in [4.69, 9.17) is 19.9 Å². The van der Waals surface area contributed by atoms with E-state index in [1.807, 2.05) is 0 Å². The molecule has 12 heteroatoms. The molecule has 0 saturated carbocycles. The third kappa shape index (κ3) is 5.06. The van der Waals surface area contributed by atoms with Crippen molar-refractivity contribution in [3.05, 3.63) is 66.2 Å². The van der Waals surface area contributed by atoms with Crippen molar-refractivity contribution in [2.24, 2.45) is 0 Å². The van der Waals surface area contributed by atoms with E-state index in [0.717, 1.165) is 0 Å². The number of aliphatic hydroxyl groups excluding tert-OH is 1. The lowest BCUT2D eigenvalue weighted by atomic mass is 9.83. The summed E-state index contributed by atoms with van der Waals surface area (Å²) in [6.07, 6.45) is -3.78. The number of nitrogen functional groups attached to an aromatic ring is 1. The number of nitrogens with two attached hydrogens (primary N) is 1. The molecule has 0 bridgehead atoms. The number of halogens is 3. The van der Waals surface area contributed by atoms with Crippen LogP contribution in [0.4, 0.5) is 24.5 Å². The van der Waals surface area contributed by atoms with Crippen LogP contribution in [0.25, 0.3) is 0 Å². The first-order valence-electron chi connectivity index (χ1n) is 11.0. The number of aliphatic hydroxyl groups is 1. The third-order valence-corrected chi connectivity index (χ3v) is 6.08. The van der Waals surface area contributed by atoms with Gasteiger partial charge in [0.05, 0.1) is 12.6 Å². The van der Waals surface area contributed by atoms with Gasteiger partial charge in [-0.15, -0.1) is 13.2 Å². The van der Waals surface area contributed by atoms with Crippen LogP contribution in [0.3, 0.4) is 0 Å². The van der Waals surface area contributed by atoms with Gasteiger partial charge < -0.3 is 39.7 Å². The zero-order valence-electron chi connectivity index (χ0n) is 19.8. The molecule has 4 rings (SSSR count). The molecule has 2 aromatic carbocycles. The number of ether oxygens (including phenoxy) is 4. The molecular weight excluding hydrogens is 481 g/mol. The van der Waals surface area contributed by atoms with E-state index in [1.54, 1.807) is 42.4 Å². The van der Waals surface area contributed by atoms with E-state index >= 15 is 0 Å².